The van der Waals surface area contributed by atoms with Gasteiger partial charge in [0, 0.05) is 17.5 Å². The number of aryl methyl sites for hydroxylation is 1. The smallest absolute Gasteiger partial charge is 0.356 e. The fourth-order valence-electron chi connectivity index (χ4n) is 1.68. The fraction of sp³-hybridized carbons (Fsp3) is 0.167. The summed E-state index contributed by atoms with van der Waals surface area (Å²) in [5.74, 6) is -1.01. The van der Waals surface area contributed by atoms with Crippen LogP contribution >= 0.6 is 11.8 Å². The molecule has 0 fully saturated rings. The highest BCUT2D eigenvalue weighted by molar-refractivity contribution is 7.98. The number of carbonyl (C=O) groups is 1. The molecule has 0 aliphatic carbocycles. The number of rotatable bonds is 3. The first kappa shape index (κ1) is 11.7. The van der Waals surface area contributed by atoms with E-state index in [1.54, 1.807) is 23.4 Å². The maximum Gasteiger partial charge on any atom is 0.356 e. The van der Waals surface area contributed by atoms with Crippen molar-refractivity contribution in [2.24, 2.45) is 7.05 Å². The molecule has 1 aromatic carbocycles. The first-order chi connectivity index (χ1) is 8.13. The van der Waals surface area contributed by atoms with Gasteiger partial charge in [0.2, 0.25) is 0 Å². The normalized spacial score (nSPS) is 10.5. The Morgan fingerprint density at radius 1 is 1.35 bits per heavy atom. The minimum atomic E-state index is -1.01. The summed E-state index contributed by atoms with van der Waals surface area (Å²) in [6.45, 7) is 0. The van der Waals surface area contributed by atoms with Crippen molar-refractivity contribution < 1.29 is 9.90 Å². The highest BCUT2D eigenvalue weighted by Crippen LogP contribution is 2.25. The molecule has 0 radical (unpaired) electrons. The lowest BCUT2D eigenvalue weighted by Gasteiger charge is -2.05. The molecular weight excluding hydrogens is 236 g/mol. The van der Waals surface area contributed by atoms with Gasteiger partial charge in [-0.05, 0) is 18.4 Å². The van der Waals surface area contributed by atoms with E-state index in [4.69, 9.17) is 5.11 Å². The molecule has 1 heterocycles. The average Bonchev–Trinajstić information content (AvgIpc) is 2.71. The van der Waals surface area contributed by atoms with Gasteiger partial charge in [-0.15, -0.1) is 11.8 Å². The molecular formula is C12H12N2O2S. The first-order valence-electron chi connectivity index (χ1n) is 5.02. The summed E-state index contributed by atoms with van der Waals surface area (Å²) < 4.78 is 1.72. The molecule has 88 valence electrons. The number of aromatic carboxylic acids is 1. The van der Waals surface area contributed by atoms with Crippen molar-refractivity contribution in [1.82, 2.24) is 9.55 Å². The molecule has 1 N–H and O–H groups in total. The van der Waals surface area contributed by atoms with Crippen LogP contribution in [0.1, 0.15) is 10.5 Å². The molecule has 0 bridgehead atoms. The lowest BCUT2D eigenvalue weighted by Crippen LogP contribution is -2.01. The number of nitrogens with zero attached hydrogens (tertiary/aromatic N) is 2. The number of carboxylic acids is 1. The van der Waals surface area contributed by atoms with E-state index in [1.165, 1.54) is 6.33 Å². The molecule has 0 unspecified atom stereocenters. The zero-order valence-electron chi connectivity index (χ0n) is 9.54. The van der Waals surface area contributed by atoms with Crippen molar-refractivity contribution >= 4 is 17.7 Å². The summed E-state index contributed by atoms with van der Waals surface area (Å²) in [5, 5.41) is 9.06. The zero-order valence-corrected chi connectivity index (χ0v) is 10.4. The third kappa shape index (κ3) is 2.19. The quantitative estimate of drug-likeness (QED) is 0.848. The summed E-state index contributed by atoms with van der Waals surface area (Å²) in [6, 6.07) is 7.77. The monoisotopic (exact) mass is 248 g/mol. The first-order valence-corrected chi connectivity index (χ1v) is 6.25. The van der Waals surface area contributed by atoms with Gasteiger partial charge in [-0.25, -0.2) is 9.78 Å². The van der Waals surface area contributed by atoms with E-state index in [0.29, 0.717) is 5.69 Å². The molecule has 5 heteroatoms. The van der Waals surface area contributed by atoms with Gasteiger partial charge in [-0.2, -0.15) is 0 Å². The second kappa shape index (κ2) is 4.63. The molecule has 4 nitrogen and oxygen atoms in total. The topological polar surface area (TPSA) is 55.1 Å². The molecule has 0 aliphatic rings. The van der Waals surface area contributed by atoms with Crippen LogP contribution in [0.5, 0.6) is 0 Å². The lowest BCUT2D eigenvalue weighted by atomic mass is 10.1. The third-order valence-electron chi connectivity index (χ3n) is 2.50. The maximum atomic E-state index is 11.1. The van der Waals surface area contributed by atoms with Gasteiger partial charge in [-0.1, -0.05) is 12.1 Å². The van der Waals surface area contributed by atoms with Crippen LogP contribution in [0.2, 0.25) is 0 Å². The Balaban J connectivity index is 2.51. The van der Waals surface area contributed by atoms with Gasteiger partial charge in [-0.3, -0.25) is 0 Å². The third-order valence-corrected chi connectivity index (χ3v) is 3.25. The average molecular weight is 248 g/mol. The Hall–Kier alpha value is -1.75. The van der Waals surface area contributed by atoms with Gasteiger partial charge in [0.1, 0.15) is 0 Å². The van der Waals surface area contributed by atoms with Crippen molar-refractivity contribution in [2.45, 2.75) is 4.90 Å². The van der Waals surface area contributed by atoms with Gasteiger partial charge in [0.15, 0.2) is 5.69 Å². The molecule has 0 amide bonds. The predicted molar refractivity (Wildman–Crippen MR) is 67.4 cm³/mol. The van der Waals surface area contributed by atoms with Crippen LogP contribution in [0.15, 0.2) is 35.5 Å². The Bertz CT molecular complexity index is 546. The van der Waals surface area contributed by atoms with E-state index in [9.17, 15) is 4.79 Å². The molecule has 0 saturated carbocycles. The zero-order chi connectivity index (χ0) is 12.4. The number of carboxylic acid groups (broad SMARTS) is 1. The van der Waals surface area contributed by atoms with Crippen LogP contribution in [0, 0.1) is 0 Å². The SMILES string of the molecule is CSc1ccc(-c2c(C(=O)O)ncn2C)cc1. The minimum absolute atomic E-state index is 0.0874. The Labute approximate surface area is 103 Å². The fourth-order valence-corrected chi connectivity index (χ4v) is 2.08. The molecule has 2 aromatic rings. The standard InChI is InChI=1S/C12H12N2O2S/c1-14-7-13-10(12(15)16)11(14)8-3-5-9(17-2)6-4-8/h3-7H,1-2H3,(H,15,16). The molecule has 0 spiro atoms. The summed E-state index contributed by atoms with van der Waals surface area (Å²) in [6.07, 6.45) is 3.52. The molecule has 1 aromatic heterocycles. The molecule has 2 rings (SSSR count). The van der Waals surface area contributed by atoms with Crippen LogP contribution in [0.4, 0.5) is 0 Å². The van der Waals surface area contributed by atoms with E-state index in [1.807, 2.05) is 30.5 Å². The van der Waals surface area contributed by atoms with Crippen molar-refractivity contribution in [2.75, 3.05) is 6.26 Å². The highest BCUT2D eigenvalue weighted by atomic mass is 32.2. The van der Waals surface area contributed by atoms with Crippen LogP contribution in [0.3, 0.4) is 0 Å². The second-order valence-corrected chi connectivity index (χ2v) is 4.47. The summed E-state index contributed by atoms with van der Waals surface area (Å²) in [7, 11) is 1.79. The van der Waals surface area contributed by atoms with Crippen LogP contribution in [-0.2, 0) is 7.05 Å². The van der Waals surface area contributed by atoms with Crippen LogP contribution in [0.25, 0.3) is 11.3 Å². The number of aromatic nitrogens is 2. The Kier molecular flexibility index (Phi) is 3.19. The number of hydrogen-bond donors (Lipinski definition) is 1. The highest BCUT2D eigenvalue weighted by Gasteiger charge is 2.16. The van der Waals surface area contributed by atoms with Gasteiger partial charge >= 0.3 is 5.97 Å². The Morgan fingerprint density at radius 2 is 2.00 bits per heavy atom. The van der Waals surface area contributed by atoms with E-state index in [0.717, 1.165) is 10.5 Å². The van der Waals surface area contributed by atoms with Gasteiger partial charge in [0.25, 0.3) is 0 Å². The van der Waals surface area contributed by atoms with E-state index in [-0.39, 0.29) is 5.69 Å². The molecule has 0 saturated heterocycles. The van der Waals surface area contributed by atoms with Crippen LogP contribution < -0.4 is 0 Å². The van der Waals surface area contributed by atoms with E-state index < -0.39 is 5.97 Å². The maximum absolute atomic E-state index is 11.1. The molecule has 0 aliphatic heterocycles. The Morgan fingerprint density at radius 3 is 2.53 bits per heavy atom. The van der Waals surface area contributed by atoms with Crippen molar-refractivity contribution in [3.63, 3.8) is 0 Å². The van der Waals surface area contributed by atoms with Gasteiger partial charge in [0.05, 0.1) is 12.0 Å². The van der Waals surface area contributed by atoms with E-state index >= 15 is 0 Å². The summed E-state index contributed by atoms with van der Waals surface area (Å²) in [4.78, 5) is 16.1. The van der Waals surface area contributed by atoms with Crippen LogP contribution in [-0.4, -0.2) is 26.9 Å². The predicted octanol–water partition coefficient (Wildman–Crippen LogP) is 2.51. The van der Waals surface area contributed by atoms with Crippen molar-refractivity contribution in [3.05, 3.63) is 36.3 Å². The molecule has 0 atom stereocenters. The summed E-state index contributed by atoms with van der Waals surface area (Å²) in [5.41, 5.74) is 1.58. The van der Waals surface area contributed by atoms with Crippen molar-refractivity contribution in [1.29, 1.82) is 0 Å². The number of benzene rings is 1. The minimum Gasteiger partial charge on any atom is -0.476 e. The second-order valence-electron chi connectivity index (χ2n) is 3.59. The van der Waals surface area contributed by atoms with Crippen molar-refractivity contribution in [3.8, 4) is 11.3 Å². The summed E-state index contributed by atoms with van der Waals surface area (Å²) >= 11 is 1.65. The molecule has 17 heavy (non-hydrogen) atoms. The van der Waals surface area contributed by atoms with Gasteiger partial charge < -0.3 is 9.67 Å². The van der Waals surface area contributed by atoms with E-state index in [2.05, 4.69) is 4.98 Å². The number of thioether (sulfide) groups is 1. The largest absolute Gasteiger partial charge is 0.476 e. The lowest BCUT2D eigenvalue weighted by molar-refractivity contribution is 0.0692. The number of imidazole rings is 1. The number of hydrogen-bond acceptors (Lipinski definition) is 3.